The average Bonchev–Trinajstić information content (AvgIpc) is 2.37. The summed E-state index contributed by atoms with van der Waals surface area (Å²) in [5.41, 5.74) is 0.154. The number of benzene rings is 2. The number of rotatable bonds is 3. The highest BCUT2D eigenvalue weighted by Crippen LogP contribution is 2.26. The Balaban J connectivity index is 2.35. The van der Waals surface area contributed by atoms with Crippen LogP contribution in [0.1, 0.15) is 20.7 Å². The minimum atomic E-state index is -1.15. The van der Waals surface area contributed by atoms with Crippen LogP contribution in [0.2, 0.25) is 0 Å². The number of phenolic OH excluding ortho intramolecular Hbond substituents is 1. The van der Waals surface area contributed by atoms with Gasteiger partial charge in [-0.1, -0.05) is 31.9 Å². The molecule has 3 N–H and O–H groups in total. The minimum absolute atomic E-state index is 0.0387. The summed E-state index contributed by atoms with van der Waals surface area (Å²) >= 11 is 6.39. The molecule has 0 radical (unpaired) electrons. The summed E-state index contributed by atoms with van der Waals surface area (Å²) in [6, 6.07) is 8.85. The molecule has 2 aromatic carbocycles. The van der Waals surface area contributed by atoms with Gasteiger partial charge in [0.2, 0.25) is 0 Å². The second-order valence-electron chi connectivity index (χ2n) is 4.11. The van der Waals surface area contributed by atoms with E-state index in [4.69, 9.17) is 5.11 Å². The molecule has 0 spiro atoms. The standard InChI is InChI=1S/C14H9Br2NO4/c15-7-1-3-9(14(20)21)11(5-7)17-13(19)10-4-2-8(16)6-12(10)18/h1-6,18H,(H,17,19)(H,20,21). The van der Waals surface area contributed by atoms with Crippen LogP contribution in [-0.4, -0.2) is 22.1 Å². The van der Waals surface area contributed by atoms with Crippen LogP contribution >= 0.6 is 31.9 Å². The number of aromatic hydroxyl groups is 1. The van der Waals surface area contributed by atoms with Crippen LogP contribution < -0.4 is 5.32 Å². The van der Waals surface area contributed by atoms with Crippen molar-refractivity contribution in [2.45, 2.75) is 0 Å². The van der Waals surface area contributed by atoms with Crippen LogP contribution in [0, 0.1) is 0 Å². The van der Waals surface area contributed by atoms with E-state index in [1.165, 1.54) is 24.3 Å². The summed E-state index contributed by atoms with van der Waals surface area (Å²) in [6.45, 7) is 0. The summed E-state index contributed by atoms with van der Waals surface area (Å²) in [6.07, 6.45) is 0. The molecule has 2 rings (SSSR count). The van der Waals surface area contributed by atoms with Gasteiger partial charge in [-0.25, -0.2) is 4.79 Å². The lowest BCUT2D eigenvalue weighted by atomic mass is 10.1. The van der Waals surface area contributed by atoms with E-state index in [9.17, 15) is 14.7 Å². The first-order valence-corrected chi connectivity index (χ1v) is 7.30. The number of carboxylic acid groups (broad SMARTS) is 1. The lowest BCUT2D eigenvalue weighted by Crippen LogP contribution is -2.15. The van der Waals surface area contributed by atoms with Gasteiger partial charge in [-0.05, 0) is 36.4 Å². The first-order chi connectivity index (χ1) is 9.88. The number of nitrogens with one attached hydrogen (secondary N) is 1. The predicted octanol–water partition coefficient (Wildman–Crippen LogP) is 3.87. The van der Waals surface area contributed by atoms with Gasteiger partial charge in [0.15, 0.2) is 0 Å². The Morgan fingerprint density at radius 2 is 1.52 bits per heavy atom. The number of halogens is 2. The zero-order chi connectivity index (χ0) is 15.6. The van der Waals surface area contributed by atoms with Gasteiger partial charge in [0, 0.05) is 8.95 Å². The summed E-state index contributed by atoms with van der Waals surface area (Å²) < 4.78 is 1.26. The number of carbonyl (C=O) groups excluding carboxylic acids is 1. The molecule has 0 saturated carbocycles. The zero-order valence-corrected chi connectivity index (χ0v) is 13.6. The Labute approximate surface area is 136 Å². The van der Waals surface area contributed by atoms with Gasteiger partial charge >= 0.3 is 5.97 Å². The van der Waals surface area contributed by atoms with Crippen molar-refractivity contribution >= 4 is 49.4 Å². The van der Waals surface area contributed by atoms with E-state index in [1.54, 1.807) is 12.1 Å². The lowest BCUT2D eigenvalue weighted by Gasteiger charge is -2.10. The molecule has 0 bridgehead atoms. The largest absolute Gasteiger partial charge is 0.507 e. The maximum atomic E-state index is 12.1. The summed E-state index contributed by atoms with van der Waals surface area (Å²) in [7, 11) is 0. The van der Waals surface area contributed by atoms with Crippen molar-refractivity contribution in [1.29, 1.82) is 0 Å². The molecular formula is C14H9Br2NO4. The van der Waals surface area contributed by atoms with Gasteiger partial charge in [0.05, 0.1) is 16.8 Å². The number of amides is 1. The Morgan fingerprint density at radius 1 is 0.952 bits per heavy atom. The molecule has 108 valence electrons. The quantitative estimate of drug-likeness (QED) is 0.711. The van der Waals surface area contributed by atoms with Gasteiger partial charge in [0.25, 0.3) is 5.91 Å². The minimum Gasteiger partial charge on any atom is -0.507 e. The molecule has 21 heavy (non-hydrogen) atoms. The third-order valence-electron chi connectivity index (χ3n) is 2.66. The molecule has 1 amide bonds. The van der Waals surface area contributed by atoms with Crippen molar-refractivity contribution < 1.29 is 19.8 Å². The van der Waals surface area contributed by atoms with Crippen molar-refractivity contribution in [3.8, 4) is 5.75 Å². The summed E-state index contributed by atoms with van der Waals surface area (Å²) in [5.74, 6) is -1.95. The first kappa shape index (κ1) is 15.5. The zero-order valence-electron chi connectivity index (χ0n) is 10.4. The number of phenols is 1. The number of anilines is 1. The van der Waals surface area contributed by atoms with Crippen molar-refractivity contribution in [3.63, 3.8) is 0 Å². The molecule has 0 saturated heterocycles. The van der Waals surface area contributed by atoms with Gasteiger partial charge < -0.3 is 15.5 Å². The number of carboxylic acids is 1. The average molecular weight is 415 g/mol. The smallest absolute Gasteiger partial charge is 0.337 e. The molecule has 5 nitrogen and oxygen atoms in total. The van der Waals surface area contributed by atoms with Gasteiger partial charge in [0.1, 0.15) is 5.75 Å². The highest BCUT2D eigenvalue weighted by atomic mass is 79.9. The Morgan fingerprint density at radius 3 is 2.10 bits per heavy atom. The maximum Gasteiger partial charge on any atom is 0.337 e. The molecule has 0 aliphatic rings. The SMILES string of the molecule is O=C(Nc1cc(Br)ccc1C(=O)O)c1ccc(Br)cc1O. The fraction of sp³-hybridized carbons (Fsp3) is 0. The summed E-state index contributed by atoms with van der Waals surface area (Å²) in [4.78, 5) is 23.3. The van der Waals surface area contributed by atoms with Crippen molar-refractivity contribution in [2.75, 3.05) is 5.32 Å². The molecule has 0 unspecified atom stereocenters. The Kier molecular flexibility index (Phi) is 4.64. The molecule has 0 fully saturated rings. The monoisotopic (exact) mass is 413 g/mol. The second-order valence-corrected chi connectivity index (χ2v) is 5.94. The van der Waals surface area contributed by atoms with E-state index in [0.29, 0.717) is 8.95 Å². The molecule has 0 aliphatic carbocycles. The van der Waals surface area contributed by atoms with Gasteiger partial charge in [-0.15, -0.1) is 0 Å². The number of aromatic carboxylic acids is 1. The third kappa shape index (κ3) is 3.62. The first-order valence-electron chi connectivity index (χ1n) is 5.71. The normalized spacial score (nSPS) is 10.2. The van der Waals surface area contributed by atoms with Crippen molar-refractivity contribution in [3.05, 3.63) is 56.5 Å². The van der Waals surface area contributed by atoms with Crippen molar-refractivity contribution in [1.82, 2.24) is 0 Å². The third-order valence-corrected chi connectivity index (χ3v) is 3.65. The molecule has 7 heteroatoms. The predicted molar refractivity (Wildman–Crippen MR) is 84.9 cm³/mol. The highest BCUT2D eigenvalue weighted by molar-refractivity contribution is 9.10. The second kappa shape index (κ2) is 6.28. The molecule has 0 aliphatic heterocycles. The molecule has 0 aromatic heterocycles. The van der Waals surface area contributed by atoms with Gasteiger partial charge in [-0.2, -0.15) is 0 Å². The fourth-order valence-corrected chi connectivity index (χ4v) is 2.40. The Bertz CT molecular complexity index is 731. The van der Waals surface area contributed by atoms with Crippen LogP contribution in [0.5, 0.6) is 5.75 Å². The van der Waals surface area contributed by atoms with Gasteiger partial charge in [-0.3, -0.25) is 4.79 Å². The maximum absolute atomic E-state index is 12.1. The van der Waals surface area contributed by atoms with E-state index in [1.807, 2.05) is 0 Å². The van der Waals surface area contributed by atoms with Crippen LogP contribution in [-0.2, 0) is 0 Å². The lowest BCUT2D eigenvalue weighted by molar-refractivity contribution is 0.0698. The summed E-state index contributed by atoms with van der Waals surface area (Å²) in [5, 5.41) is 21.3. The van der Waals surface area contributed by atoms with Crippen LogP contribution in [0.4, 0.5) is 5.69 Å². The Hall–Kier alpha value is -1.86. The highest BCUT2D eigenvalue weighted by Gasteiger charge is 2.16. The molecular weight excluding hydrogens is 406 g/mol. The number of hydrogen-bond acceptors (Lipinski definition) is 3. The van der Waals surface area contributed by atoms with E-state index < -0.39 is 11.9 Å². The van der Waals surface area contributed by atoms with E-state index in [-0.39, 0.29) is 22.6 Å². The van der Waals surface area contributed by atoms with E-state index >= 15 is 0 Å². The van der Waals surface area contributed by atoms with Crippen LogP contribution in [0.25, 0.3) is 0 Å². The number of hydrogen-bond donors (Lipinski definition) is 3. The molecule has 0 atom stereocenters. The topological polar surface area (TPSA) is 86.6 Å². The van der Waals surface area contributed by atoms with E-state index in [2.05, 4.69) is 37.2 Å². The van der Waals surface area contributed by atoms with Crippen LogP contribution in [0.3, 0.4) is 0 Å². The number of carbonyl (C=O) groups is 2. The van der Waals surface area contributed by atoms with E-state index in [0.717, 1.165) is 0 Å². The fourth-order valence-electron chi connectivity index (χ4n) is 1.69. The van der Waals surface area contributed by atoms with Crippen LogP contribution in [0.15, 0.2) is 45.3 Å². The molecule has 2 aromatic rings. The molecule has 0 heterocycles. The van der Waals surface area contributed by atoms with Crippen molar-refractivity contribution in [2.24, 2.45) is 0 Å².